The number of hydrogen-bond donors (Lipinski definition) is 0. The number of carbonyl (C=O) groups excluding carboxylic acids is 3. The number of hydrogen-bond acceptors (Lipinski definition) is 6. The fraction of sp³-hybridized carbons (Fsp3) is 0.250. The van der Waals surface area contributed by atoms with Gasteiger partial charge in [0, 0.05) is 44.1 Å². The predicted molar refractivity (Wildman–Crippen MR) is 136 cm³/mol. The molecule has 1 aliphatic rings. The lowest BCUT2D eigenvalue weighted by atomic mass is 9.98. The van der Waals surface area contributed by atoms with E-state index in [1.165, 1.54) is 11.0 Å². The van der Waals surface area contributed by atoms with Crippen molar-refractivity contribution in [1.29, 1.82) is 0 Å². The molecule has 36 heavy (non-hydrogen) atoms. The Morgan fingerprint density at radius 3 is 2.56 bits per heavy atom. The molecular weight excluding hydrogens is 478 g/mol. The van der Waals surface area contributed by atoms with E-state index in [1.54, 1.807) is 24.4 Å². The van der Waals surface area contributed by atoms with Gasteiger partial charge in [-0.05, 0) is 22.8 Å². The Hall–Kier alpha value is -3.68. The summed E-state index contributed by atoms with van der Waals surface area (Å²) in [7, 11) is 0. The van der Waals surface area contributed by atoms with E-state index in [0.29, 0.717) is 60.4 Å². The highest BCUT2D eigenvalue weighted by Gasteiger charge is 2.26. The Balaban J connectivity index is 1.53. The van der Waals surface area contributed by atoms with Crippen LogP contribution in [0, 0.1) is 0 Å². The fourth-order valence-electron chi connectivity index (χ4n) is 4.06. The lowest BCUT2D eigenvalue weighted by molar-refractivity contribution is -0.130. The first kappa shape index (κ1) is 25.4. The SMILES string of the molecule is C=CC(=O)Cc1cccc(Cc2ncc(Cl)c(Cc3ccccc3C(=O)C(=O)N3CCOCC3)n2)c1. The number of amides is 1. The number of morpholine rings is 1. The number of Topliss-reactive ketones (excluding diaryl/α,β-unsaturated/α-hetero) is 1. The smallest absolute Gasteiger partial charge is 0.295 e. The standard InChI is InChI=1S/C28H26ClN3O4/c1-2-22(33)15-19-6-5-7-20(14-19)16-26-30-18-24(29)25(31-26)17-21-8-3-4-9-23(21)27(34)28(35)32-10-12-36-13-11-32/h2-9,14,18H,1,10-13,15-17H2. The molecule has 2 aromatic carbocycles. The number of ketones is 2. The number of carbonyl (C=O) groups is 3. The van der Waals surface area contributed by atoms with Gasteiger partial charge < -0.3 is 9.64 Å². The Bertz CT molecular complexity index is 1300. The van der Waals surface area contributed by atoms with Gasteiger partial charge in [-0.15, -0.1) is 0 Å². The van der Waals surface area contributed by atoms with Crippen molar-refractivity contribution < 1.29 is 19.1 Å². The number of ether oxygens (including phenoxy) is 1. The minimum atomic E-state index is -0.552. The molecule has 0 spiro atoms. The van der Waals surface area contributed by atoms with Crippen LogP contribution in [0.25, 0.3) is 0 Å². The van der Waals surface area contributed by atoms with Gasteiger partial charge in [0.25, 0.3) is 11.7 Å². The Morgan fingerprint density at radius 2 is 1.78 bits per heavy atom. The molecule has 1 saturated heterocycles. The number of allylic oxidation sites excluding steroid dienone is 1. The van der Waals surface area contributed by atoms with Crippen LogP contribution < -0.4 is 0 Å². The molecule has 0 saturated carbocycles. The van der Waals surface area contributed by atoms with E-state index < -0.39 is 11.7 Å². The van der Waals surface area contributed by atoms with Crippen molar-refractivity contribution >= 4 is 29.1 Å². The first-order valence-electron chi connectivity index (χ1n) is 11.7. The van der Waals surface area contributed by atoms with Crippen molar-refractivity contribution in [2.45, 2.75) is 19.3 Å². The second kappa shape index (κ2) is 11.8. The zero-order chi connectivity index (χ0) is 25.5. The molecule has 0 bridgehead atoms. The summed E-state index contributed by atoms with van der Waals surface area (Å²) in [4.78, 5) is 48.1. The molecule has 8 heteroatoms. The molecule has 1 aliphatic heterocycles. The van der Waals surface area contributed by atoms with Crippen molar-refractivity contribution in [1.82, 2.24) is 14.9 Å². The van der Waals surface area contributed by atoms with Crippen LogP contribution >= 0.6 is 11.6 Å². The molecule has 184 valence electrons. The van der Waals surface area contributed by atoms with Gasteiger partial charge in [-0.3, -0.25) is 14.4 Å². The zero-order valence-electron chi connectivity index (χ0n) is 19.8. The average Bonchev–Trinajstić information content (AvgIpc) is 2.90. The van der Waals surface area contributed by atoms with Gasteiger partial charge in [-0.1, -0.05) is 66.7 Å². The predicted octanol–water partition coefficient (Wildman–Crippen LogP) is 3.65. The molecule has 4 rings (SSSR count). The molecule has 1 fully saturated rings. The molecule has 0 unspecified atom stereocenters. The van der Waals surface area contributed by atoms with Crippen LogP contribution in [-0.2, 0) is 33.6 Å². The lowest BCUT2D eigenvalue weighted by Crippen LogP contribution is -2.44. The summed E-state index contributed by atoms with van der Waals surface area (Å²) in [5.41, 5.74) is 3.43. The molecule has 0 N–H and O–H groups in total. The fourth-order valence-corrected chi connectivity index (χ4v) is 4.22. The molecule has 1 amide bonds. The summed E-state index contributed by atoms with van der Waals surface area (Å²) in [6.07, 6.45) is 3.89. The Labute approximate surface area is 214 Å². The van der Waals surface area contributed by atoms with Crippen LogP contribution in [0.1, 0.15) is 38.6 Å². The number of halogens is 1. The highest BCUT2D eigenvalue weighted by molar-refractivity contribution is 6.43. The summed E-state index contributed by atoms with van der Waals surface area (Å²) in [5, 5.41) is 0.380. The largest absolute Gasteiger partial charge is 0.378 e. The van der Waals surface area contributed by atoms with E-state index in [4.69, 9.17) is 16.3 Å². The van der Waals surface area contributed by atoms with E-state index in [0.717, 1.165) is 11.1 Å². The zero-order valence-corrected chi connectivity index (χ0v) is 20.5. The summed E-state index contributed by atoms with van der Waals surface area (Å²) in [6, 6.07) is 14.7. The number of benzene rings is 2. The second-order valence-electron chi connectivity index (χ2n) is 8.49. The van der Waals surface area contributed by atoms with Crippen molar-refractivity contribution in [2.75, 3.05) is 26.3 Å². The number of rotatable bonds is 9. The first-order chi connectivity index (χ1) is 17.4. The Kier molecular flexibility index (Phi) is 8.36. The van der Waals surface area contributed by atoms with Crippen molar-refractivity contribution in [3.63, 3.8) is 0 Å². The molecule has 0 radical (unpaired) electrons. The van der Waals surface area contributed by atoms with Crippen LogP contribution in [0.4, 0.5) is 0 Å². The van der Waals surface area contributed by atoms with Crippen LogP contribution in [-0.4, -0.2) is 58.6 Å². The van der Waals surface area contributed by atoms with Crippen molar-refractivity contribution in [3.05, 3.63) is 106 Å². The van der Waals surface area contributed by atoms with Gasteiger partial charge >= 0.3 is 0 Å². The summed E-state index contributed by atoms with van der Waals surface area (Å²) >= 11 is 6.42. The maximum atomic E-state index is 13.1. The summed E-state index contributed by atoms with van der Waals surface area (Å²) in [6.45, 7) is 5.17. The molecule has 1 aromatic heterocycles. The topological polar surface area (TPSA) is 89.5 Å². The number of nitrogens with zero attached hydrogens (tertiary/aromatic N) is 3. The van der Waals surface area contributed by atoms with Crippen LogP contribution in [0.5, 0.6) is 0 Å². The minimum Gasteiger partial charge on any atom is -0.378 e. The molecular formula is C28H26ClN3O4. The lowest BCUT2D eigenvalue weighted by Gasteiger charge is -2.26. The van der Waals surface area contributed by atoms with Crippen LogP contribution in [0.3, 0.4) is 0 Å². The monoisotopic (exact) mass is 503 g/mol. The minimum absolute atomic E-state index is 0.0440. The van der Waals surface area contributed by atoms with E-state index in [9.17, 15) is 14.4 Å². The maximum Gasteiger partial charge on any atom is 0.295 e. The van der Waals surface area contributed by atoms with E-state index in [-0.39, 0.29) is 18.6 Å². The molecule has 0 aliphatic carbocycles. The van der Waals surface area contributed by atoms with E-state index in [2.05, 4.69) is 16.5 Å². The van der Waals surface area contributed by atoms with E-state index in [1.807, 2.05) is 30.3 Å². The Morgan fingerprint density at radius 1 is 1.03 bits per heavy atom. The summed E-state index contributed by atoms with van der Waals surface area (Å²) in [5.74, 6) is -0.564. The normalized spacial score (nSPS) is 13.3. The number of aromatic nitrogens is 2. The first-order valence-corrected chi connectivity index (χ1v) is 12.0. The van der Waals surface area contributed by atoms with Gasteiger partial charge in [-0.2, -0.15) is 0 Å². The van der Waals surface area contributed by atoms with Gasteiger partial charge in [0.1, 0.15) is 5.82 Å². The molecule has 2 heterocycles. The van der Waals surface area contributed by atoms with Gasteiger partial charge in [0.2, 0.25) is 0 Å². The van der Waals surface area contributed by atoms with Gasteiger partial charge in [0.05, 0.1) is 23.9 Å². The summed E-state index contributed by atoms with van der Waals surface area (Å²) < 4.78 is 5.28. The van der Waals surface area contributed by atoms with E-state index >= 15 is 0 Å². The third kappa shape index (κ3) is 6.30. The third-order valence-corrected chi connectivity index (χ3v) is 6.25. The maximum absolute atomic E-state index is 13.1. The highest BCUT2D eigenvalue weighted by Crippen LogP contribution is 2.21. The van der Waals surface area contributed by atoms with Crippen molar-refractivity contribution in [2.24, 2.45) is 0 Å². The third-order valence-electron chi connectivity index (χ3n) is 5.94. The molecule has 3 aromatic rings. The molecule has 0 atom stereocenters. The van der Waals surface area contributed by atoms with Crippen LogP contribution in [0.15, 0.2) is 67.4 Å². The van der Waals surface area contributed by atoms with Gasteiger partial charge in [-0.25, -0.2) is 9.97 Å². The highest BCUT2D eigenvalue weighted by atomic mass is 35.5. The van der Waals surface area contributed by atoms with Crippen LogP contribution in [0.2, 0.25) is 5.02 Å². The van der Waals surface area contributed by atoms with Gasteiger partial charge in [0.15, 0.2) is 5.78 Å². The molecule has 7 nitrogen and oxygen atoms in total. The van der Waals surface area contributed by atoms with Crippen molar-refractivity contribution in [3.8, 4) is 0 Å². The average molecular weight is 504 g/mol. The quantitative estimate of drug-likeness (QED) is 0.251. The second-order valence-corrected chi connectivity index (χ2v) is 8.90.